The van der Waals surface area contributed by atoms with Gasteiger partial charge < -0.3 is 4.90 Å². The fourth-order valence-electron chi connectivity index (χ4n) is 3.93. The average molecular weight is 369 g/mol. The maximum atomic E-state index is 13.3. The molecule has 0 aliphatic carbocycles. The van der Waals surface area contributed by atoms with E-state index >= 15 is 0 Å². The molecule has 0 spiro atoms. The Hall–Kier alpha value is -3.14. The van der Waals surface area contributed by atoms with Crippen molar-refractivity contribution < 1.29 is 18.0 Å². The Morgan fingerprint density at radius 2 is 1.96 bits per heavy atom. The van der Waals surface area contributed by atoms with E-state index in [4.69, 9.17) is 5.26 Å². The zero-order chi connectivity index (χ0) is 19.6. The van der Waals surface area contributed by atoms with Crippen LogP contribution in [0.2, 0.25) is 0 Å². The first-order chi connectivity index (χ1) is 12.7. The van der Waals surface area contributed by atoms with E-state index in [-0.39, 0.29) is 5.69 Å². The van der Waals surface area contributed by atoms with E-state index in [9.17, 15) is 18.0 Å². The van der Waals surface area contributed by atoms with Gasteiger partial charge in [-0.25, -0.2) is 0 Å². The number of likely N-dealkylation sites (N-methyl/N-ethyl adjacent to an activating group) is 1. The molecule has 4 rings (SSSR count). The summed E-state index contributed by atoms with van der Waals surface area (Å²) in [5.41, 5.74) is -0.438. The van der Waals surface area contributed by atoms with Crippen LogP contribution in [0.1, 0.15) is 24.6 Å². The Morgan fingerprint density at radius 3 is 2.63 bits per heavy atom. The van der Waals surface area contributed by atoms with Crippen molar-refractivity contribution in [3.63, 3.8) is 0 Å². The van der Waals surface area contributed by atoms with Crippen LogP contribution >= 0.6 is 0 Å². The van der Waals surface area contributed by atoms with E-state index in [0.717, 1.165) is 5.39 Å². The monoisotopic (exact) mass is 369 g/mol. The van der Waals surface area contributed by atoms with Crippen molar-refractivity contribution in [1.29, 1.82) is 5.26 Å². The lowest BCUT2D eigenvalue weighted by Gasteiger charge is -2.39. The summed E-state index contributed by atoms with van der Waals surface area (Å²) in [4.78, 5) is 18.7. The number of halogens is 3. The van der Waals surface area contributed by atoms with Gasteiger partial charge in [0.2, 0.25) is 5.91 Å². The first kappa shape index (κ1) is 17.3. The van der Waals surface area contributed by atoms with Gasteiger partial charge in [-0.05, 0) is 30.5 Å². The minimum absolute atomic E-state index is 0.108. The second kappa shape index (κ2) is 5.43. The third-order valence-corrected chi connectivity index (χ3v) is 5.14. The lowest BCUT2D eigenvalue weighted by atomic mass is 9.76. The lowest BCUT2D eigenvalue weighted by molar-refractivity contribution is -0.156. The van der Waals surface area contributed by atoms with Gasteiger partial charge in [0.05, 0.1) is 40.4 Å². The van der Waals surface area contributed by atoms with Crippen molar-refractivity contribution in [3.05, 3.63) is 47.7 Å². The number of aromatic nitrogens is 1. The highest BCUT2D eigenvalue weighted by Gasteiger charge is 2.51. The van der Waals surface area contributed by atoms with Gasteiger partial charge in [0.15, 0.2) is 0 Å². The van der Waals surface area contributed by atoms with Crippen molar-refractivity contribution in [2.24, 2.45) is 0 Å². The number of alkyl halides is 3. The summed E-state index contributed by atoms with van der Waals surface area (Å²) < 4.78 is 40.0. The number of amides is 1. The van der Waals surface area contributed by atoms with E-state index in [0.29, 0.717) is 27.5 Å². The first-order valence-corrected chi connectivity index (χ1v) is 8.28. The van der Waals surface area contributed by atoms with E-state index < -0.39 is 23.9 Å². The van der Waals surface area contributed by atoms with Gasteiger partial charge in [0.1, 0.15) is 0 Å². The maximum Gasteiger partial charge on any atom is 0.390 e. The van der Waals surface area contributed by atoms with Crippen LogP contribution < -0.4 is 4.90 Å². The van der Waals surface area contributed by atoms with Crippen LogP contribution in [-0.2, 0) is 10.2 Å². The summed E-state index contributed by atoms with van der Waals surface area (Å²) in [6.07, 6.45) is -5.84. The van der Waals surface area contributed by atoms with Gasteiger partial charge in [-0.15, -0.1) is 0 Å². The molecule has 136 valence electrons. The summed E-state index contributed by atoms with van der Waals surface area (Å²) in [6, 6.07) is 12.2. The van der Waals surface area contributed by atoms with E-state index in [1.807, 2.05) is 6.07 Å². The predicted octanol–water partition coefficient (Wildman–Crippen LogP) is 4.45. The third kappa shape index (κ3) is 2.44. The Balaban J connectivity index is 2.17. The molecule has 0 saturated carbocycles. The molecule has 27 heavy (non-hydrogen) atoms. The molecule has 1 aromatic heterocycles. The minimum atomic E-state index is -4.53. The van der Waals surface area contributed by atoms with Gasteiger partial charge in [0.25, 0.3) is 0 Å². The maximum absolute atomic E-state index is 13.3. The molecule has 7 heteroatoms. The molecular weight excluding hydrogens is 355 g/mol. The Bertz CT molecular complexity index is 1160. The lowest BCUT2D eigenvalue weighted by Crippen LogP contribution is -2.49. The van der Waals surface area contributed by atoms with E-state index in [1.54, 1.807) is 30.3 Å². The summed E-state index contributed by atoms with van der Waals surface area (Å²) in [5, 5.41) is 11.1. The van der Waals surface area contributed by atoms with Crippen LogP contribution in [0.25, 0.3) is 21.7 Å². The number of carbonyl (C=O) groups is 1. The molecule has 1 aliphatic heterocycles. The van der Waals surface area contributed by atoms with E-state index in [2.05, 4.69) is 4.98 Å². The first-order valence-electron chi connectivity index (χ1n) is 8.28. The van der Waals surface area contributed by atoms with Crippen molar-refractivity contribution >= 4 is 33.3 Å². The summed E-state index contributed by atoms with van der Waals surface area (Å²) in [6.45, 7) is 1.29. The molecule has 1 amide bonds. The third-order valence-electron chi connectivity index (χ3n) is 5.14. The molecule has 1 atom stereocenters. The number of benzene rings is 2. The van der Waals surface area contributed by atoms with Gasteiger partial charge in [0, 0.05) is 17.8 Å². The quantitative estimate of drug-likeness (QED) is 0.596. The average Bonchev–Trinajstić information content (AvgIpc) is 2.62. The number of rotatable bonds is 1. The van der Waals surface area contributed by atoms with Gasteiger partial charge in [-0.3, -0.25) is 9.78 Å². The van der Waals surface area contributed by atoms with Crippen molar-refractivity contribution in [2.75, 3.05) is 11.9 Å². The molecular formula is C20H14F3N3O. The summed E-state index contributed by atoms with van der Waals surface area (Å²) in [5.74, 6) is -0.650. The highest BCUT2D eigenvalue weighted by atomic mass is 19.4. The highest BCUT2D eigenvalue weighted by Crippen LogP contribution is 2.47. The highest BCUT2D eigenvalue weighted by molar-refractivity contribution is 6.19. The fraction of sp³-hybridized carbons (Fsp3) is 0.250. The molecule has 1 aliphatic rings. The van der Waals surface area contributed by atoms with Crippen molar-refractivity contribution in [2.45, 2.75) is 24.9 Å². The Morgan fingerprint density at radius 1 is 1.22 bits per heavy atom. The van der Waals surface area contributed by atoms with Gasteiger partial charge >= 0.3 is 6.18 Å². The van der Waals surface area contributed by atoms with Crippen LogP contribution in [0.15, 0.2) is 36.4 Å². The number of carbonyl (C=O) groups excluding carboxylic acids is 1. The minimum Gasteiger partial charge on any atom is -0.314 e. The number of nitrogens with zero attached hydrogens (tertiary/aromatic N) is 3. The predicted molar refractivity (Wildman–Crippen MR) is 95.4 cm³/mol. The van der Waals surface area contributed by atoms with Crippen LogP contribution in [0, 0.1) is 11.3 Å². The van der Waals surface area contributed by atoms with Crippen molar-refractivity contribution in [3.8, 4) is 6.07 Å². The van der Waals surface area contributed by atoms with Gasteiger partial charge in [-0.1, -0.05) is 18.2 Å². The zero-order valence-corrected chi connectivity index (χ0v) is 14.6. The smallest absolute Gasteiger partial charge is 0.314 e. The van der Waals surface area contributed by atoms with Crippen LogP contribution in [-0.4, -0.2) is 24.1 Å². The standard InChI is InChI=1S/C20H14F3N3O/c1-19(10-20(21,22)23)17-16-13(4-3-5-15(16)26(2)18(19)27)12-7-6-11(9-24)8-14(12)25-17/h3-8H,10H2,1-2H3. The molecule has 3 aromatic rings. The van der Waals surface area contributed by atoms with Crippen LogP contribution in [0.5, 0.6) is 0 Å². The molecule has 0 N–H and O–H groups in total. The Labute approximate surface area is 152 Å². The molecule has 0 radical (unpaired) electrons. The molecule has 4 nitrogen and oxygen atoms in total. The molecule has 0 saturated heterocycles. The number of anilines is 1. The fourth-order valence-corrected chi connectivity index (χ4v) is 3.93. The van der Waals surface area contributed by atoms with E-state index in [1.165, 1.54) is 24.9 Å². The van der Waals surface area contributed by atoms with Crippen LogP contribution in [0.4, 0.5) is 18.9 Å². The number of fused-ring (bicyclic) bond motifs is 2. The molecule has 1 unspecified atom stereocenters. The second-order valence-corrected chi connectivity index (χ2v) is 6.99. The van der Waals surface area contributed by atoms with Gasteiger partial charge in [-0.2, -0.15) is 18.4 Å². The summed E-state index contributed by atoms with van der Waals surface area (Å²) >= 11 is 0. The molecule has 0 fully saturated rings. The van der Waals surface area contributed by atoms with Crippen LogP contribution in [0.3, 0.4) is 0 Å². The number of hydrogen-bond acceptors (Lipinski definition) is 3. The topological polar surface area (TPSA) is 57.0 Å². The Kier molecular flexibility index (Phi) is 3.47. The number of nitriles is 1. The molecule has 0 bridgehead atoms. The molecule has 2 heterocycles. The number of pyridine rings is 1. The SMILES string of the molecule is CN1C(=O)C(C)(CC(F)(F)F)c2nc3cc(C#N)ccc3c3cccc1c23. The largest absolute Gasteiger partial charge is 0.390 e. The molecule has 2 aromatic carbocycles. The number of hydrogen-bond donors (Lipinski definition) is 0. The zero-order valence-electron chi connectivity index (χ0n) is 14.6. The second-order valence-electron chi connectivity index (χ2n) is 6.99. The normalized spacial score (nSPS) is 19.6. The van der Waals surface area contributed by atoms with Crippen molar-refractivity contribution in [1.82, 2.24) is 4.98 Å². The summed E-state index contributed by atoms with van der Waals surface area (Å²) in [7, 11) is 1.48.